The summed E-state index contributed by atoms with van der Waals surface area (Å²) in [6.45, 7) is 1.14. The highest BCUT2D eigenvalue weighted by atomic mass is 19.1. The number of hydrogen-bond donors (Lipinski definition) is 1. The molecule has 1 heterocycles. The van der Waals surface area contributed by atoms with E-state index in [9.17, 15) is 18.4 Å². The molecule has 1 atom stereocenters. The molecule has 6 nitrogen and oxygen atoms in total. The van der Waals surface area contributed by atoms with Gasteiger partial charge in [0, 0.05) is 51.4 Å². The summed E-state index contributed by atoms with van der Waals surface area (Å²) >= 11 is 0. The molecule has 1 saturated carbocycles. The summed E-state index contributed by atoms with van der Waals surface area (Å²) in [5, 5.41) is 3.11. The van der Waals surface area contributed by atoms with Crippen LogP contribution in [0.15, 0.2) is 18.2 Å². The lowest BCUT2D eigenvalue weighted by Gasteiger charge is -2.35. The van der Waals surface area contributed by atoms with Gasteiger partial charge in [0.1, 0.15) is 17.4 Å². The number of halogens is 2. The molecule has 1 saturated heterocycles. The van der Waals surface area contributed by atoms with Gasteiger partial charge in [-0.3, -0.25) is 4.79 Å². The fourth-order valence-electron chi connectivity index (χ4n) is 4.08. The average molecular weight is 409 g/mol. The van der Waals surface area contributed by atoms with Crippen molar-refractivity contribution in [2.45, 2.75) is 50.7 Å². The minimum Gasteiger partial charge on any atom is -0.490 e. The normalized spacial score (nSPS) is 24.7. The molecule has 1 N–H and O–H groups in total. The number of nitrogens with one attached hydrogen (secondary N) is 1. The third-order valence-electron chi connectivity index (χ3n) is 5.60. The highest BCUT2D eigenvalue weighted by molar-refractivity contribution is 5.81. The van der Waals surface area contributed by atoms with Gasteiger partial charge in [-0.15, -0.1) is 0 Å². The minimum absolute atomic E-state index is 0.00201. The Hall–Kier alpha value is -2.38. The van der Waals surface area contributed by atoms with Crippen molar-refractivity contribution >= 4 is 11.9 Å². The smallest absolute Gasteiger partial charge is 0.319 e. The first kappa shape index (κ1) is 21.3. The predicted octanol–water partition coefficient (Wildman–Crippen LogP) is 3.16. The summed E-state index contributed by atoms with van der Waals surface area (Å²) < 4.78 is 32.3. The van der Waals surface area contributed by atoms with Crippen molar-refractivity contribution in [3.8, 4) is 5.75 Å². The molecular weight excluding hydrogens is 380 g/mol. The largest absolute Gasteiger partial charge is 0.490 e. The van der Waals surface area contributed by atoms with Crippen LogP contribution in [0.5, 0.6) is 5.75 Å². The molecule has 1 aromatic rings. The molecule has 1 unspecified atom stereocenters. The Balaban J connectivity index is 1.45. The standard InChI is InChI=1S/C21H29F2N3O3/c1-25(2)21(28)26-9-3-4-14(13-26)20(27)24-17-5-7-18(8-6-17)29-19-11-15(22)10-16(23)12-19/h10-12,14,17-18H,3-9,13H2,1-2H3,(H,24,27). The molecule has 3 rings (SSSR count). The lowest BCUT2D eigenvalue weighted by atomic mass is 9.91. The zero-order valence-electron chi connectivity index (χ0n) is 17.0. The fourth-order valence-corrected chi connectivity index (χ4v) is 4.08. The molecule has 29 heavy (non-hydrogen) atoms. The summed E-state index contributed by atoms with van der Waals surface area (Å²) in [7, 11) is 3.43. The van der Waals surface area contributed by atoms with Crippen LogP contribution in [0.25, 0.3) is 0 Å². The molecule has 0 bridgehead atoms. The van der Waals surface area contributed by atoms with E-state index in [1.165, 1.54) is 17.0 Å². The van der Waals surface area contributed by atoms with Crippen molar-refractivity contribution in [1.82, 2.24) is 15.1 Å². The topological polar surface area (TPSA) is 61.9 Å². The van der Waals surface area contributed by atoms with Gasteiger partial charge >= 0.3 is 6.03 Å². The van der Waals surface area contributed by atoms with Crippen molar-refractivity contribution in [3.05, 3.63) is 29.8 Å². The number of benzene rings is 1. The second-order valence-electron chi connectivity index (χ2n) is 8.17. The molecule has 1 aliphatic carbocycles. The number of nitrogens with zero attached hydrogens (tertiary/aromatic N) is 2. The van der Waals surface area contributed by atoms with E-state index in [4.69, 9.17) is 4.74 Å². The molecule has 1 aliphatic heterocycles. The first-order valence-electron chi connectivity index (χ1n) is 10.2. The second-order valence-corrected chi connectivity index (χ2v) is 8.17. The number of amides is 3. The minimum atomic E-state index is -0.657. The maximum absolute atomic E-state index is 13.3. The Kier molecular flexibility index (Phi) is 6.92. The fraction of sp³-hybridized carbons (Fsp3) is 0.619. The molecular formula is C21H29F2N3O3. The lowest BCUT2D eigenvalue weighted by Crippen LogP contribution is -2.50. The Morgan fingerprint density at radius 1 is 1.07 bits per heavy atom. The van der Waals surface area contributed by atoms with Crippen LogP contribution in [-0.4, -0.2) is 61.1 Å². The monoisotopic (exact) mass is 409 g/mol. The van der Waals surface area contributed by atoms with Crippen molar-refractivity contribution in [3.63, 3.8) is 0 Å². The van der Waals surface area contributed by atoms with Crippen LogP contribution in [-0.2, 0) is 4.79 Å². The maximum Gasteiger partial charge on any atom is 0.319 e. The Bertz CT molecular complexity index is 716. The van der Waals surface area contributed by atoms with Gasteiger partial charge in [0.05, 0.1) is 12.0 Å². The Labute approximate surface area is 170 Å². The first-order valence-corrected chi connectivity index (χ1v) is 10.2. The van der Waals surface area contributed by atoms with Gasteiger partial charge in [0.25, 0.3) is 0 Å². The zero-order chi connectivity index (χ0) is 21.0. The number of carbonyl (C=O) groups excluding carboxylic acids is 2. The average Bonchev–Trinajstić information content (AvgIpc) is 2.68. The number of piperidine rings is 1. The number of likely N-dealkylation sites (tertiary alicyclic amines) is 1. The van der Waals surface area contributed by atoms with Crippen LogP contribution in [0.2, 0.25) is 0 Å². The van der Waals surface area contributed by atoms with E-state index in [0.29, 0.717) is 25.9 Å². The van der Waals surface area contributed by atoms with Crippen LogP contribution >= 0.6 is 0 Å². The quantitative estimate of drug-likeness (QED) is 0.831. The Morgan fingerprint density at radius 2 is 1.72 bits per heavy atom. The van der Waals surface area contributed by atoms with Gasteiger partial charge < -0.3 is 19.9 Å². The summed E-state index contributed by atoms with van der Waals surface area (Å²) in [4.78, 5) is 28.1. The molecule has 8 heteroatoms. The lowest BCUT2D eigenvalue weighted by molar-refractivity contribution is -0.127. The van der Waals surface area contributed by atoms with E-state index in [-0.39, 0.29) is 35.8 Å². The highest BCUT2D eigenvalue weighted by Crippen LogP contribution is 2.26. The van der Waals surface area contributed by atoms with Gasteiger partial charge in [-0.05, 0) is 38.5 Å². The molecule has 0 radical (unpaired) electrons. The number of urea groups is 1. The highest BCUT2D eigenvalue weighted by Gasteiger charge is 2.31. The van der Waals surface area contributed by atoms with Crippen molar-refractivity contribution in [2.75, 3.05) is 27.2 Å². The summed E-state index contributed by atoms with van der Waals surface area (Å²) in [6.07, 6.45) is 4.41. The molecule has 0 aromatic heterocycles. The van der Waals surface area contributed by atoms with Gasteiger partial charge in [-0.2, -0.15) is 0 Å². The second kappa shape index (κ2) is 9.41. The molecule has 2 aliphatic rings. The van der Waals surface area contributed by atoms with Crippen LogP contribution in [0.1, 0.15) is 38.5 Å². The van der Waals surface area contributed by atoms with E-state index in [1.54, 1.807) is 19.0 Å². The molecule has 3 amide bonds. The Morgan fingerprint density at radius 3 is 2.34 bits per heavy atom. The van der Waals surface area contributed by atoms with Crippen LogP contribution in [0, 0.1) is 17.6 Å². The van der Waals surface area contributed by atoms with Gasteiger partial charge in [-0.25, -0.2) is 13.6 Å². The number of ether oxygens (including phenoxy) is 1. The van der Waals surface area contributed by atoms with E-state index in [1.807, 2.05) is 0 Å². The first-order chi connectivity index (χ1) is 13.8. The predicted molar refractivity (Wildman–Crippen MR) is 105 cm³/mol. The van der Waals surface area contributed by atoms with E-state index < -0.39 is 11.6 Å². The summed E-state index contributed by atoms with van der Waals surface area (Å²) in [5.74, 6) is -1.30. The van der Waals surface area contributed by atoms with Crippen molar-refractivity contribution in [1.29, 1.82) is 0 Å². The third-order valence-corrected chi connectivity index (χ3v) is 5.60. The van der Waals surface area contributed by atoms with E-state index in [2.05, 4.69) is 5.32 Å². The maximum atomic E-state index is 13.3. The van der Waals surface area contributed by atoms with Crippen LogP contribution in [0.4, 0.5) is 13.6 Å². The summed E-state index contributed by atoms with van der Waals surface area (Å²) in [5.41, 5.74) is 0. The number of hydrogen-bond acceptors (Lipinski definition) is 3. The van der Waals surface area contributed by atoms with Gasteiger partial charge in [-0.1, -0.05) is 0 Å². The van der Waals surface area contributed by atoms with Crippen LogP contribution in [0.3, 0.4) is 0 Å². The van der Waals surface area contributed by atoms with E-state index >= 15 is 0 Å². The number of carbonyl (C=O) groups is 2. The molecule has 2 fully saturated rings. The molecule has 1 aromatic carbocycles. The third kappa shape index (κ3) is 5.81. The summed E-state index contributed by atoms with van der Waals surface area (Å²) in [6, 6.07) is 3.18. The SMILES string of the molecule is CN(C)C(=O)N1CCCC(C(=O)NC2CCC(Oc3cc(F)cc(F)c3)CC2)C1. The van der Waals surface area contributed by atoms with Gasteiger partial charge in [0.15, 0.2) is 0 Å². The van der Waals surface area contributed by atoms with Crippen LogP contribution < -0.4 is 10.1 Å². The van der Waals surface area contributed by atoms with Gasteiger partial charge in [0.2, 0.25) is 5.91 Å². The van der Waals surface area contributed by atoms with Crippen molar-refractivity contribution in [2.24, 2.45) is 5.92 Å². The van der Waals surface area contributed by atoms with E-state index in [0.717, 1.165) is 31.7 Å². The zero-order valence-corrected chi connectivity index (χ0v) is 17.0. The molecule has 160 valence electrons. The van der Waals surface area contributed by atoms with Crippen molar-refractivity contribution < 1.29 is 23.1 Å². The number of rotatable bonds is 4. The molecule has 0 spiro atoms.